The number of Topliss-reactive ketones (excluding diaryl/α,β-unsaturated/α-hetero) is 1. The molecule has 7 heteroatoms. The van der Waals surface area contributed by atoms with E-state index in [9.17, 15) is 4.79 Å². The summed E-state index contributed by atoms with van der Waals surface area (Å²) in [6.07, 6.45) is 2.81. The number of H-pyrrole nitrogens is 1. The summed E-state index contributed by atoms with van der Waals surface area (Å²) in [6.45, 7) is 2.14. The Balaban J connectivity index is 1.41. The van der Waals surface area contributed by atoms with Crippen molar-refractivity contribution in [3.8, 4) is 0 Å². The lowest BCUT2D eigenvalue weighted by Crippen LogP contribution is -2.09. The zero-order valence-electron chi connectivity index (χ0n) is 18.0. The summed E-state index contributed by atoms with van der Waals surface area (Å²) in [6, 6.07) is 26.0. The number of hydrogen-bond acceptors (Lipinski definition) is 6. The highest BCUT2D eigenvalue weighted by molar-refractivity contribution is 8.02. The van der Waals surface area contributed by atoms with Crippen molar-refractivity contribution < 1.29 is 4.79 Å². The van der Waals surface area contributed by atoms with Crippen molar-refractivity contribution in [2.24, 2.45) is 0 Å². The first-order chi connectivity index (χ1) is 16.2. The van der Waals surface area contributed by atoms with E-state index >= 15 is 0 Å². The average molecular weight is 471 g/mol. The van der Waals surface area contributed by atoms with Gasteiger partial charge in [0.1, 0.15) is 5.25 Å². The molecule has 1 atom stereocenters. The van der Waals surface area contributed by atoms with Gasteiger partial charge in [0.25, 0.3) is 0 Å². The maximum atomic E-state index is 13.7. The Morgan fingerprint density at radius 1 is 1.00 bits per heavy atom. The number of aromatic amines is 1. The third-order valence-electron chi connectivity index (χ3n) is 5.43. The van der Waals surface area contributed by atoms with Gasteiger partial charge in [-0.2, -0.15) is 0 Å². The molecule has 0 aliphatic carbocycles. The molecule has 2 N–H and O–H groups in total. The van der Waals surface area contributed by atoms with Gasteiger partial charge < -0.3 is 10.3 Å². The normalized spacial score (nSPS) is 12.0. The number of nitrogens with one attached hydrogen (secondary N) is 2. The van der Waals surface area contributed by atoms with Gasteiger partial charge in [-0.3, -0.25) is 4.79 Å². The second-order valence-corrected chi connectivity index (χ2v) is 9.90. The molecule has 2 aromatic heterocycles. The molecule has 33 heavy (non-hydrogen) atoms. The molecule has 0 fully saturated rings. The van der Waals surface area contributed by atoms with Gasteiger partial charge in [-0.15, -0.1) is 10.2 Å². The van der Waals surface area contributed by atoms with E-state index in [1.807, 2.05) is 66.7 Å². The number of hydrogen-bond donors (Lipinski definition) is 2. The van der Waals surface area contributed by atoms with E-state index in [-0.39, 0.29) is 5.78 Å². The maximum Gasteiger partial charge on any atom is 0.210 e. The Hall–Kier alpha value is -3.42. The molecule has 0 unspecified atom stereocenters. The third-order valence-corrected chi connectivity index (χ3v) is 7.61. The first kappa shape index (κ1) is 21.4. The van der Waals surface area contributed by atoms with E-state index in [2.05, 4.69) is 39.6 Å². The van der Waals surface area contributed by atoms with Gasteiger partial charge in [0.2, 0.25) is 5.13 Å². The summed E-state index contributed by atoms with van der Waals surface area (Å²) < 4.78 is 0.740. The first-order valence-electron chi connectivity index (χ1n) is 10.7. The number of para-hydroxylation sites is 1. The van der Waals surface area contributed by atoms with E-state index in [0.29, 0.717) is 10.7 Å². The van der Waals surface area contributed by atoms with Crippen molar-refractivity contribution in [2.45, 2.75) is 22.9 Å². The topological polar surface area (TPSA) is 70.7 Å². The molecule has 0 aliphatic heterocycles. The number of rotatable bonds is 8. The molecule has 0 aliphatic rings. The molecule has 0 amide bonds. The summed E-state index contributed by atoms with van der Waals surface area (Å²) in [5, 5.41) is 13.2. The van der Waals surface area contributed by atoms with Gasteiger partial charge in [-0.25, -0.2) is 0 Å². The third kappa shape index (κ3) is 4.69. The fourth-order valence-corrected chi connectivity index (χ4v) is 5.71. The Bertz CT molecular complexity index is 1380. The molecule has 0 radical (unpaired) electrons. The second-order valence-electron chi connectivity index (χ2n) is 7.57. The Kier molecular flexibility index (Phi) is 6.24. The molecule has 0 saturated heterocycles. The maximum absolute atomic E-state index is 13.7. The van der Waals surface area contributed by atoms with Crippen LogP contribution in [-0.4, -0.2) is 21.0 Å². The molecule has 3 aromatic carbocycles. The predicted octanol–water partition coefficient (Wildman–Crippen LogP) is 7.04. The number of aryl methyl sites for hydroxylation is 1. The number of ketones is 1. The van der Waals surface area contributed by atoms with Crippen molar-refractivity contribution in [1.82, 2.24) is 15.2 Å². The monoisotopic (exact) mass is 470 g/mol. The number of aromatic nitrogens is 3. The first-order valence-corrected chi connectivity index (χ1v) is 12.4. The molecule has 164 valence electrons. The van der Waals surface area contributed by atoms with Crippen LogP contribution in [0.15, 0.2) is 89.4 Å². The lowest BCUT2D eigenvalue weighted by atomic mass is 10.0. The summed E-state index contributed by atoms with van der Waals surface area (Å²) >= 11 is 2.88. The van der Waals surface area contributed by atoms with Crippen molar-refractivity contribution in [3.63, 3.8) is 0 Å². The van der Waals surface area contributed by atoms with Crippen LogP contribution in [0.5, 0.6) is 0 Å². The summed E-state index contributed by atoms with van der Waals surface area (Å²) in [4.78, 5) is 16.9. The van der Waals surface area contributed by atoms with E-state index in [1.165, 1.54) is 28.7 Å². The SMILES string of the molecule is CCc1ccc(Nc2nnc(S[C@H](C(=O)c3c[nH]c4ccccc34)c3ccccc3)s2)cc1. The number of carbonyl (C=O) groups is 1. The van der Waals surface area contributed by atoms with Crippen molar-refractivity contribution in [2.75, 3.05) is 5.32 Å². The zero-order valence-corrected chi connectivity index (χ0v) is 19.6. The van der Waals surface area contributed by atoms with Crippen LogP contribution in [0.4, 0.5) is 10.8 Å². The molecular weight excluding hydrogens is 448 g/mol. The van der Waals surface area contributed by atoms with Crippen LogP contribution in [0.2, 0.25) is 0 Å². The number of nitrogens with zero attached hydrogens (tertiary/aromatic N) is 2. The summed E-state index contributed by atoms with van der Waals surface area (Å²) in [7, 11) is 0. The van der Waals surface area contributed by atoms with E-state index < -0.39 is 5.25 Å². The summed E-state index contributed by atoms with van der Waals surface area (Å²) in [5.74, 6) is 0.0449. The Morgan fingerprint density at radius 3 is 2.55 bits per heavy atom. The quantitative estimate of drug-likeness (QED) is 0.188. The van der Waals surface area contributed by atoms with Gasteiger partial charge >= 0.3 is 0 Å². The molecule has 0 bridgehead atoms. The highest BCUT2D eigenvalue weighted by atomic mass is 32.2. The molecule has 0 spiro atoms. The van der Waals surface area contributed by atoms with Gasteiger partial charge in [0, 0.05) is 28.4 Å². The van der Waals surface area contributed by atoms with E-state index in [1.54, 1.807) is 6.20 Å². The molecule has 5 nitrogen and oxygen atoms in total. The van der Waals surface area contributed by atoms with Crippen LogP contribution >= 0.6 is 23.1 Å². The fraction of sp³-hybridized carbons (Fsp3) is 0.115. The van der Waals surface area contributed by atoms with Gasteiger partial charge in [0.05, 0.1) is 0 Å². The molecule has 2 heterocycles. The number of fused-ring (bicyclic) bond motifs is 1. The molecule has 0 saturated carbocycles. The standard InChI is InChI=1S/C26H22N4OS2/c1-2-17-12-14-19(15-13-17)28-25-29-30-26(33-25)32-24(18-8-4-3-5-9-18)23(31)21-16-27-22-11-7-6-10-20(21)22/h3-16,24,27H,2H2,1H3,(H,28,29)/t24-/m0/s1. The summed E-state index contributed by atoms with van der Waals surface area (Å²) in [5.41, 5.74) is 4.84. The van der Waals surface area contributed by atoms with Crippen molar-refractivity contribution in [3.05, 3.63) is 102 Å². The van der Waals surface area contributed by atoms with E-state index in [0.717, 1.165) is 32.9 Å². The number of benzene rings is 3. The predicted molar refractivity (Wildman–Crippen MR) is 137 cm³/mol. The lowest BCUT2D eigenvalue weighted by molar-refractivity contribution is 0.0991. The molecular formula is C26H22N4OS2. The number of anilines is 2. The van der Waals surface area contributed by atoms with Gasteiger partial charge in [-0.05, 0) is 35.7 Å². The largest absolute Gasteiger partial charge is 0.360 e. The molecule has 5 aromatic rings. The van der Waals surface area contributed by atoms with Gasteiger partial charge in [0.15, 0.2) is 10.1 Å². The van der Waals surface area contributed by atoms with Crippen LogP contribution in [0.1, 0.15) is 33.7 Å². The lowest BCUT2D eigenvalue weighted by Gasteiger charge is -2.14. The van der Waals surface area contributed by atoms with Gasteiger partial charge in [-0.1, -0.05) is 90.7 Å². The fourth-order valence-electron chi connectivity index (χ4n) is 3.67. The minimum atomic E-state index is -0.421. The van der Waals surface area contributed by atoms with Crippen LogP contribution in [0.25, 0.3) is 10.9 Å². The minimum absolute atomic E-state index is 0.0449. The van der Waals surface area contributed by atoms with Crippen LogP contribution < -0.4 is 5.32 Å². The highest BCUT2D eigenvalue weighted by Crippen LogP contribution is 2.41. The zero-order chi connectivity index (χ0) is 22.6. The number of carbonyl (C=O) groups excluding carboxylic acids is 1. The van der Waals surface area contributed by atoms with Crippen LogP contribution in [0.3, 0.4) is 0 Å². The average Bonchev–Trinajstić information content (AvgIpc) is 3.50. The van der Waals surface area contributed by atoms with E-state index in [4.69, 9.17) is 0 Å². The minimum Gasteiger partial charge on any atom is -0.360 e. The van der Waals surface area contributed by atoms with Crippen molar-refractivity contribution in [1.29, 1.82) is 0 Å². The number of thioether (sulfide) groups is 1. The Morgan fingerprint density at radius 2 is 1.76 bits per heavy atom. The second kappa shape index (κ2) is 9.60. The van der Waals surface area contributed by atoms with Crippen LogP contribution in [0, 0.1) is 0 Å². The van der Waals surface area contributed by atoms with Crippen molar-refractivity contribution >= 4 is 50.6 Å². The van der Waals surface area contributed by atoms with Crippen LogP contribution in [-0.2, 0) is 6.42 Å². The molecule has 5 rings (SSSR count). The smallest absolute Gasteiger partial charge is 0.210 e. The Labute approximate surface area is 200 Å². The highest BCUT2D eigenvalue weighted by Gasteiger charge is 2.27.